The van der Waals surface area contributed by atoms with Crippen molar-refractivity contribution in [2.24, 2.45) is 0 Å². The van der Waals surface area contributed by atoms with Crippen LogP contribution < -0.4 is 10.1 Å². The molecule has 5 rings (SSSR count). The van der Waals surface area contributed by atoms with Crippen LogP contribution >= 0.6 is 12.1 Å². The number of aliphatic hydroxyl groups is 1. The number of anilines is 1. The van der Waals surface area contributed by atoms with E-state index in [2.05, 4.69) is 29.1 Å². The highest BCUT2D eigenvalue weighted by molar-refractivity contribution is 7.94. The van der Waals surface area contributed by atoms with Crippen molar-refractivity contribution < 1.29 is 14.6 Å². The van der Waals surface area contributed by atoms with Crippen molar-refractivity contribution >= 4 is 23.9 Å². The average Bonchev–Trinajstić information content (AvgIpc) is 3.60. The predicted octanol–water partition coefficient (Wildman–Crippen LogP) is 3.17. The number of rotatable bonds is 8. The summed E-state index contributed by atoms with van der Waals surface area (Å²) in [5, 5.41) is 20.5. The minimum absolute atomic E-state index is 0.0481. The smallest absolute Gasteiger partial charge is 0.260 e. The molecule has 2 aromatic heterocycles. The minimum atomic E-state index is -0.284. The number of benzene rings is 1. The number of methoxy groups -OCH3 is 1. The van der Waals surface area contributed by atoms with E-state index in [-0.39, 0.29) is 18.6 Å². The molecule has 1 amide bonds. The van der Waals surface area contributed by atoms with Gasteiger partial charge in [-0.15, -0.1) is 10.2 Å². The molecule has 4 heterocycles. The molecule has 1 fully saturated rings. The van der Waals surface area contributed by atoms with Gasteiger partial charge in [-0.1, -0.05) is 6.07 Å². The first-order valence-corrected chi connectivity index (χ1v) is 13.0. The molecular formula is C25H31N7O3S. The molecule has 1 unspecified atom stereocenters. The molecule has 0 saturated carbocycles. The maximum Gasteiger partial charge on any atom is 0.260 e. The molecular weight excluding hydrogens is 478 g/mol. The molecule has 0 aliphatic carbocycles. The van der Waals surface area contributed by atoms with Crippen LogP contribution in [0.2, 0.25) is 0 Å². The Kier molecular flexibility index (Phi) is 7.51. The number of fused-ring (bicyclic) bond motifs is 1. The van der Waals surface area contributed by atoms with Crippen LogP contribution in [-0.4, -0.2) is 72.7 Å². The van der Waals surface area contributed by atoms with Crippen molar-refractivity contribution in [1.29, 1.82) is 0 Å². The van der Waals surface area contributed by atoms with Crippen molar-refractivity contribution in [3.8, 4) is 17.3 Å². The van der Waals surface area contributed by atoms with E-state index in [0.717, 1.165) is 38.2 Å². The number of carbonyl (C=O) groups is 1. The number of ether oxygens (including phenoxy) is 1. The van der Waals surface area contributed by atoms with Gasteiger partial charge in [-0.25, -0.2) is 13.6 Å². The maximum atomic E-state index is 13.3. The summed E-state index contributed by atoms with van der Waals surface area (Å²) >= 11 is 1.82. The van der Waals surface area contributed by atoms with E-state index in [1.54, 1.807) is 36.2 Å². The lowest BCUT2D eigenvalue weighted by molar-refractivity contribution is 0.102. The van der Waals surface area contributed by atoms with E-state index in [1.165, 1.54) is 18.4 Å². The third-order valence-electron chi connectivity index (χ3n) is 6.57. The summed E-state index contributed by atoms with van der Waals surface area (Å²) in [5.41, 5.74) is 3.40. The van der Waals surface area contributed by atoms with Gasteiger partial charge in [0.15, 0.2) is 5.82 Å². The Morgan fingerprint density at radius 2 is 2.03 bits per heavy atom. The Labute approximate surface area is 214 Å². The number of hydrogen-bond donors (Lipinski definition) is 2. The lowest BCUT2D eigenvalue weighted by Crippen LogP contribution is -2.29. The summed E-state index contributed by atoms with van der Waals surface area (Å²) in [6.07, 6.45) is 5.00. The first-order chi connectivity index (χ1) is 17.6. The predicted molar refractivity (Wildman–Crippen MR) is 139 cm³/mol. The van der Waals surface area contributed by atoms with E-state index in [1.807, 2.05) is 31.2 Å². The van der Waals surface area contributed by atoms with Crippen LogP contribution in [-0.2, 0) is 13.0 Å². The highest BCUT2D eigenvalue weighted by Crippen LogP contribution is 2.33. The number of nitrogens with one attached hydrogen (secondary N) is 1. The fourth-order valence-electron chi connectivity index (χ4n) is 4.56. The number of carbonyl (C=O) groups excluding carboxylic acids is 1. The topological polar surface area (TPSA) is 109 Å². The lowest BCUT2D eigenvalue weighted by atomic mass is 9.97. The van der Waals surface area contributed by atoms with Gasteiger partial charge in [-0.3, -0.25) is 4.79 Å². The van der Waals surface area contributed by atoms with Crippen LogP contribution in [0.4, 0.5) is 5.82 Å². The number of aliphatic hydroxyl groups excluding tert-OH is 1. The van der Waals surface area contributed by atoms with E-state index >= 15 is 0 Å². The van der Waals surface area contributed by atoms with Gasteiger partial charge in [0.2, 0.25) is 0 Å². The van der Waals surface area contributed by atoms with Crippen LogP contribution in [0.15, 0.2) is 36.7 Å². The van der Waals surface area contributed by atoms with E-state index in [4.69, 9.17) is 4.74 Å². The van der Waals surface area contributed by atoms with Crippen LogP contribution in [0.25, 0.3) is 11.5 Å². The summed E-state index contributed by atoms with van der Waals surface area (Å²) in [6, 6.07) is 9.08. The number of aromatic nitrogens is 4. The molecule has 10 nitrogen and oxygen atoms in total. The zero-order chi connectivity index (χ0) is 25.1. The Hall–Kier alpha value is -2.99. The number of amides is 1. The van der Waals surface area contributed by atoms with Crippen molar-refractivity contribution in [1.82, 2.24) is 28.4 Å². The zero-order valence-electron chi connectivity index (χ0n) is 20.6. The number of pyridine rings is 1. The lowest BCUT2D eigenvalue weighted by Gasteiger charge is -2.31. The van der Waals surface area contributed by atoms with Gasteiger partial charge in [0.05, 0.1) is 25.3 Å². The average molecular weight is 510 g/mol. The van der Waals surface area contributed by atoms with Gasteiger partial charge in [-0.05, 0) is 61.6 Å². The molecule has 11 heteroatoms. The molecule has 2 N–H and O–H groups in total. The second-order valence-electron chi connectivity index (χ2n) is 9.11. The molecule has 3 aromatic rings. The van der Waals surface area contributed by atoms with Crippen molar-refractivity contribution in [3.63, 3.8) is 0 Å². The van der Waals surface area contributed by atoms with Gasteiger partial charge in [-0.2, -0.15) is 0 Å². The summed E-state index contributed by atoms with van der Waals surface area (Å²) in [4.78, 5) is 17.9. The molecule has 1 atom stereocenters. The van der Waals surface area contributed by atoms with Crippen molar-refractivity contribution in [2.75, 3.05) is 38.7 Å². The Morgan fingerprint density at radius 3 is 2.81 bits per heavy atom. The molecule has 2 aliphatic heterocycles. The van der Waals surface area contributed by atoms with Gasteiger partial charge in [0.1, 0.15) is 23.6 Å². The SMILES string of the molecule is COc1cc2c(cc1C(=O)Nc1cccc(-c3nncn3C(C)CO)n1)CN(SN1CCCC1)CC2. The first-order valence-electron chi connectivity index (χ1n) is 12.2. The second-order valence-corrected chi connectivity index (χ2v) is 10.3. The van der Waals surface area contributed by atoms with E-state index in [0.29, 0.717) is 28.6 Å². The molecule has 0 radical (unpaired) electrons. The summed E-state index contributed by atoms with van der Waals surface area (Å²) < 4.78 is 12.1. The first kappa shape index (κ1) is 24.7. The quantitative estimate of drug-likeness (QED) is 0.443. The zero-order valence-corrected chi connectivity index (χ0v) is 21.4. The molecule has 190 valence electrons. The molecule has 2 aliphatic rings. The molecule has 36 heavy (non-hydrogen) atoms. The fourth-order valence-corrected chi connectivity index (χ4v) is 5.68. The Balaban J connectivity index is 1.35. The third kappa shape index (κ3) is 5.24. The summed E-state index contributed by atoms with van der Waals surface area (Å²) in [7, 11) is 1.59. The molecule has 1 aromatic carbocycles. The van der Waals surface area contributed by atoms with Gasteiger partial charge >= 0.3 is 0 Å². The van der Waals surface area contributed by atoms with E-state index < -0.39 is 0 Å². The standard InChI is InChI=1S/C25H31N7O3S/c1-17(15-33)32-16-26-29-24(32)21-6-5-7-23(27-21)28-25(34)20-12-19-14-31(36-30-9-3-4-10-30)11-8-18(19)13-22(20)35-2/h5-7,12-13,16-17,33H,3-4,8-11,14-15H2,1-2H3,(H,27,28,34). The van der Waals surface area contributed by atoms with Crippen LogP contribution in [0.3, 0.4) is 0 Å². The largest absolute Gasteiger partial charge is 0.496 e. The molecule has 0 spiro atoms. The monoisotopic (exact) mass is 509 g/mol. The normalized spacial score (nSPS) is 17.1. The van der Waals surface area contributed by atoms with Gasteiger partial charge in [0, 0.05) is 38.3 Å². The Morgan fingerprint density at radius 1 is 1.19 bits per heavy atom. The summed E-state index contributed by atoms with van der Waals surface area (Å²) in [5.74, 6) is 1.19. The maximum absolute atomic E-state index is 13.3. The Bertz CT molecular complexity index is 1230. The summed E-state index contributed by atoms with van der Waals surface area (Å²) in [6.45, 7) is 5.84. The van der Waals surface area contributed by atoms with E-state index in [9.17, 15) is 9.90 Å². The number of hydrogen-bond acceptors (Lipinski definition) is 9. The highest BCUT2D eigenvalue weighted by Gasteiger charge is 2.25. The van der Waals surface area contributed by atoms with Crippen molar-refractivity contribution in [3.05, 3.63) is 53.3 Å². The molecule has 0 bridgehead atoms. The highest BCUT2D eigenvalue weighted by atomic mass is 32.2. The van der Waals surface area contributed by atoms with Crippen molar-refractivity contribution in [2.45, 2.75) is 38.8 Å². The van der Waals surface area contributed by atoms with Crippen LogP contribution in [0.5, 0.6) is 5.75 Å². The fraction of sp³-hybridized carbons (Fsp3) is 0.440. The third-order valence-corrected chi connectivity index (χ3v) is 7.71. The van der Waals surface area contributed by atoms with Crippen LogP contribution in [0, 0.1) is 0 Å². The minimum Gasteiger partial charge on any atom is -0.496 e. The van der Waals surface area contributed by atoms with Gasteiger partial charge < -0.3 is 19.7 Å². The number of nitrogens with zero attached hydrogens (tertiary/aromatic N) is 6. The second kappa shape index (κ2) is 11.0. The van der Waals surface area contributed by atoms with Crippen LogP contribution in [0.1, 0.15) is 47.3 Å². The molecule has 1 saturated heterocycles. The van der Waals surface area contributed by atoms with Gasteiger partial charge in [0.25, 0.3) is 5.91 Å².